The molecule has 3 aliphatic rings. The lowest BCUT2D eigenvalue weighted by Gasteiger charge is -2.30. The Morgan fingerprint density at radius 3 is 1.83 bits per heavy atom. The summed E-state index contributed by atoms with van der Waals surface area (Å²) in [5, 5.41) is 12.7. The number of amides is 2. The van der Waals surface area contributed by atoms with E-state index in [1.165, 1.54) is 64.2 Å². The Morgan fingerprint density at radius 1 is 0.931 bits per heavy atom. The van der Waals surface area contributed by atoms with Gasteiger partial charge in [-0.2, -0.15) is 0 Å². The first-order valence-corrected chi connectivity index (χ1v) is 11.2. The summed E-state index contributed by atoms with van der Waals surface area (Å²) in [7, 11) is 0. The van der Waals surface area contributed by atoms with Gasteiger partial charge in [0, 0.05) is 18.5 Å². The Bertz CT molecular complexity index is 544. The van der Waals surface area contributed by atoms with Crippen LogP contribution in [0.3, 0.4) is 0 Å². The Kier molecular flexibility index (Phi) is 8.93. The number of likely N-dealkylation sites (tertiary alicyclic amines) is 1. The quantitative estimate of drug-likeness (QED) is 0.722. The second kappa shape index (κ2) is 11.0. The molecule has 0 bridgehead atoms. The molecule has 3 fully saturated rings. The number of carbonyl (C=O) groups excluding carboxylic acids is 2. The van der Waals surface area contributed by atoms with Crippen LogP contribution < -0.4 is 5.32 Å². The largest absolute Gasteiger partial charge is 0.480 e. The number of nitrogens with one attached hydrogen (secondary N) is 1. The minimum absolute atomic E-state index is 0.0657. The van der Waals surface area contributed by atoms with E-state index in [0.717, 1.165) is 12.1 Å². The van der Waals surface area contributed by atoms with Gasteiger partial charge in [-0.15, -0.1) is 0 Å². The maximum absolute atomic E-state index is 11.6. The fraction of sp³-hybridized carbons (Fsp3) is 0.864. The van der Waals surface area contributed by atoms with Crippen molar-refractivity contribution in [3.8, 4) is 0 Å². The summed E-state index contributed by atoms with van der Waals surface area (Å²) < 4.78 is 4.98. The van der Waals surface area contributed by atoms with Gasteiger partial charge in [0.25, 0.3) is 0 Å². The molecule has 3 rings (SSSR count). The number of aliphatic carboxylic acids is 1. The molecular weight excluding hydrogens is 372 g/mol. The van der Waals surface area contributed by atoms with Crippen molar-refractivity contribution < 1.29 is 24.2 Å². The van der Waals surface area contributed by atoms with Crippen molar-refractivity contribution in [1.82, 2.24) is 10.2 Å². The highest BCUT2D eigenvalue weighted by Crippen LogP contribution is 2.23. The molecule has 1 atom stereocenters. The SMILES string of the molecule is C1CCC(NC2CCCCC2)CC1.CC(C)(C)OC(=O)N1C(=O)CC[C@H]1C(=O)O. The molecule has 166 valence electrons. The van der Waals surface area contributed by atoms with Crippen LogP contribution in [-0.2, 0) is 14.3 Å². The van der Waals surface area contributed by atoms with Crippen molar-refractivity contribution in [3.63, 3.8) is 0 Å². The highest BCUT2D eigenvalue weighted by molar-refractivity contribution is 5.99. The van der Waals surface area contributed by atoms with E-state index in [1.54, 1.807) is 20.8 Å². The lowest BCUT2D eigenvalue weighted by atomic mass is 9.91. The molecule has 2 N–H and O–H groups in total. The first-order valence-electron chi connectivity index (χ1n) is 11.2. The third kappa shape index (κ3) is 7.96. The van der Waals surface area contributed by atoms with E-state index < -0.39 is 29.6 Å². The molecule has 1 saturated heterocycles. The zero-order valence-corrected chi connectivity index (χ0v) is 18.2. The molecule has 0 aromatic carbocycles. The number of ether oxygens (including phenoxy) is 1. The highest BCUT2D eigenvalue weighted by Gasteiger charge is 2.42. The molecule has 2 saturated carbocycles. The van der Waals surface area contributed by atoms with Crippen LogP contribution in [0, 0.1) is 0 Å². The van der Waals surface area contributed by atoms with Crippen LogP contribution in [0.2, 0.25) is 0 Å². The number of hydrogen-bond donors (Lipinski definition) is 2. The van der Waals surface area contributed by atoms with Gasteiger partial charge < -0.3 is 15.2 Å². The van der Waals surface area contributed by atoms with Gasteiger partial charge in [-0.05, 0) is 52.9 Å². The predicted molar refractivity (Wildman–Crippen MR) is 111 cm³/mol. The normalized spacial score (nSPS) is 24.0. The van der Waals surface area contributed by atoms with Gasteiger partial charge in [-0.1, -0.05) is 38.5 Å². The molecule has 2 aliphatic carbocycles. The standard InChI is InChI=1S/C12H23N.C10H15NO5/c1-3-7-11(8-4-1)13-12-9-5-2-6-10-12;1-10(2,3)16-9(15)11-6(8(13)14)4-5-7(11)12/h11-13H,1-10H2;6H,4-5H2,1-3H3,(H,13,14)/t;6-/m.0/s1. The van der Waals surface area contributed by atoms with Crippen molar-refractivity contribution in [1.29, 1.82) is 0 Å². The van der Waals surface area contributed by atoms with Crippen LogP contribution in [0.1, 0.15) is 97.8 Å². The Morgan fingerprint density at radius 2 is 1.41 bits per heavy atom. The van der Waals surface area contributed by atoms with Gasteiger partial charge in [-0.3, -0.25) is 4.79 Å². The van der Waals surface area contributed by atoms with Crippen LogP contribution in [0.15, 0.2) is 0 Å². The molecule has 0 aromatic heterocycles. The number of carboxylic acid groups (broad SMARTS) is 1. The summed E-state index contributed by atoms with van der Waals surface area (Å²) in [5.74, 6) is -1.68. The van der Waals surface area contributed by atoms with E-state index in [-0.39, 0.29) is 12.8 Å². The second-order valence-electron chi connectivity index (χ2n) is 9.47. The number of carbonyl (C=O) groups is 3. The monoisotopic (exact) mass is 410 g/mol. The molecule has 1 heterocycles. The number of carboxylic acids is 1. The fourth-order valence-corrected chi connectivity index (χ4v) is 4.33. The maximum Gasteiger partial charge on any atom is 0.417 e. The lowest BCUT2D eigenvalue weighted by Crippen LogP contribution is -2.45. The van der Waals surface area contributed by atoms with Crippen LogP contribution in [0.4, 0.5) is 4.79 Å². The summed E-state index contributed by atoms with van der Waals surface area (Å²) >= 11 is 0. The summed E-state index contributed by atoms with van der Waals surface area (Å²) in [6, 6.07) is 0.649. The van der Waals surface area contributed by atoms with Crippen molar-refractivity contribution in [2.24, 2.45) is 0 Å². The smallest absolute Gasteiger partial charge is 0.417 e. The van der Waals surface area contributed by atoms with E-state index in [1.807, 2.05) is 0 Å². The minimum Gasteiger partial charge on any atom is -0.480 e. The summed E-state index contributed by atoms with van der Waals surface area (Å²) in [4.78, 5) is 34.5. The van der Waals surface area contributed by atoms with Gasteiger partial charge in [0.15, 0.2) is 0 Å². The van der Waals surface area contributed by atoms with Crippen molar-refractivity contribution in [2.45, 2.75) is 122 Å². The third-order valence-electron chi connectivity index (χ3n) is 5.77. The Hall–Kier alpha value is -1.63. The fourth-order valence-electron chi connectivity index (χ4n) is 4.33. The van der Waals surface area contributed by atoms with Crippen LogP contribution in [-0.4, -0.2) is 51.7 Å². The molecule has 1 aliphatic heterocycles. The third-order valence-corrected chi connectivity index (χ3v) is 5.77. The molecule has 0 unspecified atom stereocenters. The van der Waals surface area contributed by atoms with E-state index >= 15 is 0 Å². The maximum atomic E-state index is 11.6. The van der Waals surface area contributed by atoms with Crippen molar-refractivity contribution in [2.75, 3.05) is 0 Å². The van der Waals surface area contributed by atoms with Crippen LogP contribution in [0.25, 0.3) is 0 Å². The number of hydrogen-bond acceptors (Lipinski definition) is 5. The van der Waals surface area contributed by atoms with Crippen molar-refractivity contribution >= 4 is 18.0 Å². The average Bonchev–Trinajstić information content (AvgIpc) is 3.05. The Balaban J connectivity index is 0.000000211. The van der Waals surface area contributed by atoms with Gasteiger partial charge >= 0.3 is 12.1 Å². The summed E-state index contributed by atoms with van der Waals surface area (Å²) in [6.45, 7) is 4.96. The van der Waals surface area contributed by atoms with E-state index in [0.29, 0.717) is 4.90 Å². The molecular formula is C22H38N2O5. The topological polar surface area (TPSA) is 95.9 Å². The molecule has 29 heavy (non-hydrogen) atoms. The zero-order valence-electron chi connectivity index (χ0n) is 18.2. The summed E-state index contributed by atoms with van der Waals surface area (Å²) in [6.07, 6.45) is 13.9. The second-order valence-corrected chi connectivity index (χ2v) is 9.47. The van der Waals surface area contributed by atoms with E-state index in [2.05, 4.69) is 5.32 Å². The minimum atomic E-state index is -1.18. The number of nitrogens with zero attached hydrogens (tertiary/aromatic N) is 1. The number of rotatable bonds is 3. The molecule has 7 nitrogen and oxygen atoms in total. The van der Waals surface area contributed by atoms with Crippen molar-refractivity contribution in [3.05, 3.63) is 0 Å². The first-order chi connectivity index (χ1) is 13.7. The predicted octanol–water partition coefficient (Wildman–Crippen LogP) is 4.24. The zero-order chi connectivity index (χ0) is 21.4. The summed E-state index contributed by atoms with van der Waals surface area (Å²) in [5.41, 5.74) is -0.747. The molecule has 2 amide bonds. The number of imide groups is 1. The molecule has 0 radical (unpaired) electrons. The van der Waals surface area contributed by atoms with Gasteiger partial charge in [0.2, 0.25) is 5.91 Å². The van der Waals surface area contributed by atoms with Crippen LogP contribution >= 0.6 is 0 Å². The van der Waals surface area contributed by atoms with E-state index in [4.69, 9.17) is 9.84 Å². The molecule has 7 heteroatoms. The van der Waals surface area contributed by atoms with E-state index in [9.17, 15) is 14.4 Å². The average molecular weight is 411 g/mol. The van der Waals surface area contributed by atoms with Gasteiger partial charge in [0.1, 0.15) is 11.6 Å². The first kappa shape index (κ1) is 23.6. The van der Waals surface area contributed by atoms with Crippen LogP contribution in [0.5, 0.6) is 0 Å². The van der Waals surface area contributed by atoms with Gasteiger partial charge in [0.05, 0.1) is 0 Å². The highest BCUT2D eigenvalue weighted by atomic mass is 16.6. The lowest BCUT2D eigenvalue weighted by molar-refractivity contribution is -0.145. The van der Waals surface area contributed by atoms with Gasteiger partial charge in [-0.25, -0.2) is 14.5 Å². The Labute approximate surface area is 174 Å². The molecule has 0 spiro atoms. The molecule has 0 aromatic rings.